The number of aliphatic hydroxyl groups is 1. The fourth-order valence-electron chi connectivity index (χ4n) is 4.75. The molecule has 0 bridgehead atoms. The molecule has 2 aromatic heterocycles. The highest BCUT2D eigenvalue weighted by molar-refractivity contribution is 6.08. The Labute approximate surface area is 220 Å². The number of anilines is 5. The molecule has 11 nitrogen and oxygen atoms in total. The summed E-state index contributed by atoms with van der Waals surface area (Å²) in [6, 6.07) is 9.25. The molecule has 3 aromatic rings. The Bertz CT molecular complexity index is 1350. The predicted molar refractivity (Wildman–Crippen MR) is 148 cm³/mol. The summed E-state index contributed by atoms with van der Waals surface area (Å²) in [6.45, 7) is 8.96. The maximum absolute atomic E-state index is 13.2. The van der Waals surface area contributed by atoms with E-state index < -0.39 is 11.5 Å². The minimum Gasteiger partial charge on any atom is -0.471 e. The molecule has 1 unspecified atom stereocenters. The first-order valence-corrected chi connectivity index (χ1v) is 12.8. The van der Waals surface area contributed by atoms with Gasteiger partial charge < -0.3 is 35.7 Å². The number of H-pyrrole nitrogens is 1. The number of piperazine rings is 1. The number of hydrogen-bond donors (Lipinski definition) is 5. The average molecular weight is 520 g/mol. The van der Waals surface area contributed by atoms with Crippen LogP contribution in [0.4, 0.5) is 28.4 Å². The van der Waals surface area contributed by atoms with Crippen molar-refractivity contribution in [2.24, 2.45) is 0 Å². The van der Waals surface area contributed by atoms with Crippen LogP contribution in [0.3, 0.4) is 0 Å². The van der Waals surface area contributed by atoms with Crippen LogP contribution < -0.4 is 31.1 Å². The van der Waals surface area contributed by atoms with Crippen molar-refractivity contribution in [3.8, 4) is 5.88 Å². The molecule has 0 radical (unpaired) electrons. The number of carbonyl (C=O) groups is 1. The van der Waals surface area contributed by atoms with E-state index in [1.54, 1.807) is 12.3 Å². The molecular weight excluding hydrogens is 486 g/mol. The highest BCUT2D eigenvalue weighted by atomic mass is 16.5. The van der Waals surface area contributed by atoms with E-state index in [2.05, 4.69) is 35.7 Å². The van der Waals surface area contributed by atoms with Gasteiger partial charge in [-0.3, -0.25) is 14.5 Å². The maximum atomic E-state index is 13.2. The lowest BCUT2D eigenvalue weighted by atomic mass is 10.1. The number of aromatic amines is 1. The normalized spacial score (nSPS) is 17.2. The minimum atomic E-state index is -0.515. The van der Waals surface area contributed by atoms with Crippen LogP contribution in [-0.4, -0.2) is 77.9 Å². The molecular formula is C27H33N7O4. The van der Waals surface area contributed by atoms with Crippen LogP contribution in [0, 0.1) is 6.92 Å². The Morgan fingerprint density at radius 1 is 1.16 bits per heavy atom. The summed E-state index contributed by atoms with van der Waals surface area (Å²) in [4.78, 5) is 37.5. The summed E-state index contributed by atoms with van der Waals surface area (Å²) in [5, 5.41) is 18.5. The highest BCUT2D eigenvalue weighted by Gasteiger charge is 2.22. The van der Waals surface area contributed by atoms with Crippen molar-refractivity contribution in [1.29, 1.82) is 0 Å². The second kappa shape index (κ2) is 11.1. The van der Waals surface area contributed by atoms with Crippen molar-refractivity contribution in [3.63, 3.8) is 0 Å². The Morgan fingerprint density at radius 3 is 2.66 bits per heavy atom. The molecule has 0 saturated carbocycles. The summed E-state index contributed by atoms with van der Waals surface area (Å²) < 4.78 is 5.79. The second-order valence-electron chi connectivity index (χ2n) is 9.56. The maximum Gasteiger partial charge on any atom is 0.263 e. The molecule has 1 saturated heterocycles. The van der Waals surface area contributed by atoms with Crippen LogP contribution in [0.15, 0.2) is 47.5 Å². The van der Waals surface area contributed by atoms with Crippen molar-refractivity contribution in [1.82, 2.24) is 14.9 Å². The van der Waals surface area contributed by atoms with Gasteiger partial charge in [0.25, 0.3) is 11.5 Å². The van der Waals surface area contributed by atoms with Crippen molar-refractivity contribution in [2.75, 3.05) is 66.7 Å². The van der Waals surface area contributed by atoms with E-state index in [1.807, 2.05) is 38.1 Å². The number of ether oxygens (including phenoxy) is 1. The van der Waals surface area contributed by atoms with E-state index in [-0.39, 0.29) is 18.3 Å². The van der Waals surface area contributed by atoms with Gasteiger partial charge in [0.15, 0.2) is 0 Å². The fourth-order valence-corrected chi connectivity index (χ4v) is 4.75. The van der Waals surface area contributed by atoms with Crippen molar-refractivity contribution >= 4 is 34.3 Å². The van der Waals surface area contributed by atoms with Gasteiger partial charge in [0.05, 0.1) is 30.7 Å². The third-order valence-corrected chi connectivity index (χ3v) is 6.92. The van der Waals surface area contributed by atoms with E-state index in [4.69, 9.17) is 9.84 Å². The number of benzene rings is 1. The first kappa shape index (κ1) is 25.6. The number of nitrogens with zero attached hydrogens (tertiary/aromatic N) is 3. The molecule has 1 amide bonds. The fraction of sp³-hybridized carbons (Fsp3) is 0.370. The SMILES string of the molecule is Cc1c(Nc2cc[nH]c(=O)c2C(=O)Nc2ccc(N3CCN(CCO)CC3)cc2)cnc2c1NCC(C)O2. The van der Waals surface area contributed by atoms with Crippen LogP contribution in [0.1, 0.15) is 22.8 Å². The molecule has 5 rings (SSSR count). The number of amides is 1. The molecule has 0 spiro atoms. The number of rotatable bonds is 7. The van der Waals surface area contributed by atoms with E-state index in [0.29, 0.717) is 36.0 Å². The van der Waals surface area contributed by atoms with Gasteiger partial charge in [0.2, 0.25) is 5.88 Å². The number of aliphatic hydroxyl groups excluding tert-OH is 1. The lowest BCUT2D eigenvalue weighted by Crippen LogP contribution is -2.47. The van der Waals surface area contributed by atoms with Crippen LogP contribution in [0.2, 0.25) is 0 Å². The summed E-state index contributed by atoms with van der Waals surface area (Å²) in [6.07, 6.45) is 3.16. The molecule has 4 heterocycles. The summed E-state index contributed by atoms with van der Waals surface area (Å²) >= 11 is 0. The topological polar surface area (TPSA) is 135 Å². The Balaban J connectivity index is 1.30. The Morgan fingerprint density at radius 2 is 1.92 bits per heavy atom. The number of hydrogen-bond acceptors (Lipinski definition) is 9. The molecule has 2 aliphatic rings. The molecule has 1 atom stereocenters. The predicted octanol–water partition coefficient (Wildman–Crippen LogP) is 2.38. The van der Waals surface area contributed by atoms with Gasteiger partial charge in [-0.25, -0.2) is 4.98 Å². The number of aromatic nitrogens is 2. The summed E-state index contributed by atoms with van der Waals surface area (Å²) in [5.74, 6) is 0.0183. The van der Waals surface area contributed by atoms with Gasteiger partial charge in [0, 0.05) is 55.9 Å². The molecule has 2 aliphatic heterocycles. The van der Waals surface area contributed by atoms with E-state index in [1.165, 1.54) is 6.20 Å². The summed E-state index contributed by atoms with van der Waals surface area (Å²) in [5.41, 5.74) is 3.84. The van der Waals surface area contributed by atoms with Crippen LogP contribution in [0.25, 0.3) is 0 Å². The third kappa shape index (κ3) is 5.43. The van der Waals surface area contributed by atoms with Crippen molar-refractivity contribution < 1.29 is 14.6 Å². The second-order valence-corrected chi connectivity index (χ2v) is 9.56. The molecule has 1 aromatic carbocycles. The highest BCUT2D eigenvalue weighted by Crippen LogP contribution is 2.35. The number of pyridine rings is 2. The smallest absolute Gasteiger partial charge is 0.263 e. The number of nitrogens with one attached hydrogen (secondary N) is 4. The Kier molecular flexibility index (Phi) is 7.47. The molecule has 38 heavy (non-hydrogen) atoms. The van der Waals surface area contributed by atoms with Crippen molar-refractivity contribution in [3.05, 3.63) is 64.2 Å². The third-order valence-electron chi connectivity index (χ3n) is 6.92. The largest absolute Gasteiger partial charge is 0.471 e. The number of fused-ring (bicyclic) bond motifs is 1. The van der Waals surface area contributed by atoms with E-state index in [0.717, 1.165) is 43.1 Å². The van der Waals surface area contributed by atoms with Gasteiger partial charge in [-0.2, -0.15) is 0 Å². The number of carbonyl (C=O) groups excluding carboxylic acids is 1. The zero-order chi connectivity index (χ0) is 26.6. The van der Waals surface area contributed by atoms with Gasteiger partial charge in [-0.05, 0) is 44.2 Å². The molecule has 5 N–H and O–H groups in total. The lowest BCUT2D eigenvalue weighted by molar-refractivity contribution is 0.102. The van der Waals surface area contributed by atoms with Crippen molar-refractivity contribution in [2.45, 2.75) is 20.0 Å². The monoisotopic (exact) mass is 519 g/mol. The Hall–Kier alpha value is -4.09. The van der Waals surface area contributed by atoms with Gasteiger partial charge in [-0.1, -0.05) is 0 Å². The van der Waals surface area contributed by atoms with Crippen LogP contribution in [0.5, 0.6) is 5.88 Å². The molecule has 1 fully saturated rings. The van der Waals surface area contributed by atoms with Crippen LogP contribution in [-0.2, 0) is 0 Å². The quantitative estimate of drug-likeness (QED) is 0.319. The number of β-amino-alcohol motifs (C(OH)–C–C–N with tert-alkyl or cyclic N) is 1. The zero-order valence-corrected chi connectivity index (χ0v) is 21.6. The minimum absolute atomic E-state index is 0.0207. The molecule has 11 heteroatoms. The lowest BCUT2D eigenvalue weighted by Gasteiger charge is -2.35. The summed E-state index contributed by atoms with van der Waals surface area (Å²) in [7, 11) is 0. The average Bonchev–Trinajstić information content (AvgIpc) is 2.91. The standard InChI is InChI=1S/C27H33N7O4/c1-17-15-29-24-18(2)22(16-30-27(24)38-17)32-21-7-8-28-25(36)23(21)26(37)31-19-3-5-20(6-4-19)34-11-9-33(10-12-34)13-14-35/h3-8,16-17,29,35H,9-15H2,1-2H3,(H,31,37)(H2,28,32,36). The van der Waals surface area contributed by atoms with Gasteiger partial charge in [0.1, 0.15) is 17.4 Å². The molecule has 0 aliphatic carbocycles. The van der Waals surface area contributed by atoms with Gasteiger partial charge in [-0.15, -0.1) is 0 Å². The van der Waals surface area contributed by atoms with Gasteiger partial charge >= 0.3 is 0 Å². The first-order chi connectivity index (χ1) is 18.4. The van der Waals surface area contributed by atoms with E-state index in [9.17, 15) is 9.59 Å². The first-order valence-electron chi connectivity index (χ1n) is 12.8. The zero-order valence-electron chi connectivity index (χ0n) is 21.6. The molecule has 200 valence electrons. The van der Waals surface area contributed by atoms with Crippen LogP contribution >= 0.6 is 0 Å². The van der Waals surface area contributed by atoms with E-state index >= 15 is 0 Å².